The van der Waals surface area contributed by atoms with E-state index in [0.717, 1.165) is 117 Å². The Bertz CT molecular complexity index is 1240. The van der Waals surface area contributed by atoms with Gasteiger partial charge in [0.15, 0.2) is 0 Å². The fourth-order valence-corrected chi connectivity index (χ4v) is 8.56. The molecule has 0 aliphatic rings. The Balaban J connectivity index is 1.71. The summed E-state index contributed by atoms with van der Waals surface area (Å²) in [6, 6.07) is 16.4. The lowest BCUT2D eigenvalue weighted by Gasteiger charge is -2.14. The van der Waals surface area contributed by atoms with Gasteiger partial charge in [-0.2, -0.15) is 0 Å². The van der Waals surface area contributed by atoms with E-state index in [1.54, 1.807) is 0 Å². The van der Waals surface area contributed by atoms with Gasteiger partial charge in [0, 0.05) is 19.6 Å². The molecule has 0 atom stereocenters. The summed E-state index contributed by atoms with van der Waals surface area (Å²) in [4.78, 5) is 0. The number of hydrogen-bond donors (Lipinski definition) is 9. The molecule has 0 amide bonds. The largest absolute Gasteiger partial charge is 0.317 e. The highest BCUT2D eigenvalue weighted by Gasteiger charge is 2.07. The molecule has 0 spiro atoms. The molecule has 0 aliphatic heterocycles. The maximum Gasteiger partial charge on any atom is 0.0205 e. The Morgan fingerprint density at radius 1 is 0.242 bits per heavy atom. The van der Waals surface area contributed by atoms with E-state index < -0.39 is 0 Å². The fraction of sp³-hybridized carbons (Fsp3) is 0.789. The molecule has 0 fully saturated rings. The standard InChI is InChI=1S/C57H109N9/c1-4-7-10-13-16-19-31-58-34-23-37-61-40-26-43-64-50-53-29-22-30-56(47-53)57-48-54(51-65-44-27-41-62-38-24-35-59-32-20-17-14-11-8-5-2)46-55(49-57)52-66-45-28-42-63-39-25-36-60-33-21-18-15-12-9-6-3/h22,29-30,46-49,58-66H,4-21,23-28,31-45,50-52H2,1-3H3. The lowest BCUT2D eigenvalue weighted by molar-refractivity contribution is 0.543. The van der Waals surface area contributed by atoms with Gasteiger partial charge in [0.05, 0.1) is 0 Å². The van der Waals surface area contributed by atoms with Crippen molar-refractivity contribution in [3.05, 3.63) is 59.2 Å². The van der Waals surface area contributed by atoms with Crippen LogP contribution in [0.2, 0.25) is 0 Å². The molecule has 2 aromatic rings. The van der Waals surface area contributed by atoms with E-state index in [9.17, 15) is 0 Å². The van der Waals surface area contributed by atoms with Gasteiger partial charge in [0.1, 0.15) is 0 Å². The van der Waals surface area contributed by atoms with Crippen LogP contribution in [0.15, 0.2) is 42.5 Å². The minimum absolute atomic E-state index is 0.895. The van der Waals surface area contributed by atoms with Gasteiger partial charge in [-0.05, 0) is 202 Å². The number of nitrogens with one attached hydrogen (secondary N) is 9. The molecule has 0 aromatic heterocycles. The zero-order valence-corrected chi connectivity index (χ0v) is 43.7. The van der Waals surface area contributed by atoms with Crippen molar-refractivity contribution in [1.29, 1.82) is 0 Å². The average molecular weight is 921 g/mol. The van der Waals surface area contributed by atoms with E-state index in [2.05, 4.69) is 111 Å². The Labute approximate surface area is 409 Å². The van der Waals surface area contributed by atoms with E-state index in [1.165, 1.54) is 182 Å². The first-order valence-corrected chi connectivity index (χ1v) is 28.3. The van der Waals surface area contributed by atoms with Crippen molar-refractivity contribution in [3.8, 4) is 11.1 Å². The smallest absolute Gasteiger partial charge is 0.0205 e. The fourth-order valence-electron chi connectivity index (χ4n) is 8.56. The van der Waals surface area contributed by atoms with Crippen LogP contribution in [0.4, 0.5) is 0 Å². The summed E-state index contributed by atoms with van der Waals surface area (Å²) in [6.07, 6.45) is 31.7. The van der Waals surface area contributed by atoms with E-state index in [4.69, 9.17) is 0 Å². The summed E-state index contributed by atoms with van der Waals surface area (Å²) in [7, 11) is 0. The maximum absolute atomic E-state index is 3.76. The van der Waals surface area contributed by atoms with E-state index in [1.807, 2.05) is 0 Å². The van der Waals surface area contributed by atoms with Crippen molar-refractivity contribution in [1.82, 2.24) is 47.9 Å². The van der Waals surface area contributed by atoms with Crippen molar-refractivity contribution in [2.24, 2.45) is 0 Å². The Kier molecular flexibility index (Phi) is 43.9. The molecule has 0 saturated heterocycles. The second-order valence-electron chi connectivity index (χ2n) is 19.2. The molecule has 66 heavy (non-hydrogen) atoms. The van der Waals surface area contributed by atoms with Crippen molar-refractivity contribution in [3.63, 3.8) is 0 Å². The zero-order chi connectivity index (χ0) is 46.9. The molecular formula is C57H109N9. The van der Waals surface area contributed by atoms with Crippen LogP contribution in [-0.4, -0.2) is 98.2 Å². The topological polar surface area (TPSA) is 108 Å². The molecule has 2 aromatic carbocycles. The number of unbranched alkanes of at least 4 members (excludes halogenated alkanes) is 15. The first-order chi connectivity index (χ1) is 32.8. The molecule has 9 N–H and O–H groups in total. The monoisotopic (exact) mass is 920 g/mol. The van der Waals surface area contributed by atoms with Crippen LogP contribution in [-0.2, 0) is 19.6 Å². The maximum atomic E-state index is 3.76. The van der Waals surface area contributed by atoms with Crippen LogP contribution in [0.25, 0.3) is 11.1 Å². The lowest BCUT2D eigenvalue weighted by Crippen LogP contribution is -2.25. The van der Waals surface area contributed by atoms with Crippen molar-refractivity contribution < 1.29 is 0 Å². The van der Waals surface area contributed by atoms with Crippen LogP contribution in [0.5, 0.6) is 0 Å². The van der Waals surface area contributed by atoms with Gasteiger partial charge in [0.2, 0.25) is 0 Å². The van der Waals surface area contributed by atoms with Crippen molar-refractivity contribution in [2.75, 3.05) is 98.2 Å². The molecule has 2 rings (SSSR count). The molecule has 0 bridgehead atoms. The molecule has 0 unspecified atom stereocenters. The highest BCUT2D eigenvalue weighted by Crippen LogP contribution is 2.24. The Morgan fingerprint density at radius 2 is 0.515 bits per heavy atom. The van der Waals surface area contributed by atoms with Crippen LogP contribution < -0.4 is 47.9 Å². The van der Waals surface area contributed by atoms with Crippen LogP contribution in [0.1, 0.15) is 192 Å². The van der Waals surface area contributed by atoms with Crippen LogP contribution in [0.3, 0.4) is 0 Å². The Morgan fingerprint density at radius 3 is 0.864 bits per heavy atom. The summed E-state index contributed by atoms with van der Waals surface area (Å²) < 4.78 is 0. The van der Waals surface area contributed by atoms with Gasteiger partial charge in [-0.3, -0.25) is 0 Å². The third-order valence-corrected chi connectivity index (χ3v) is 12.7. The van der Waals surface area contributed by atoms with E-state index >= 15 is 0 Å². The highest BCUT2D eigenvalue weighted by atomic mass is 14.9. The van der Waals surface area contributed by atoms with Gasteiger partial charge in [-0.15, -0.1) is 0 Å². The summed E-state index contributed by atoms with van der Waals surface area (Å²) in [5.41, 5.74) is 6.70. The van der Waals surface area contributed by atoms with Crippen LogP contribution in [0, 0.1) is 0 Å². The summed E-state index contributed by atoms with van der Waals surface area (Å²) in [5.74, 6) is 0. The number of benzene rings is 2. The van der Waals surface area contributed by atoms with Gasteiger partial charge >= 0.3 is 0 Å². The molecular weight excluding hydrogens is 811 g/mol. The molecule has 382 valence electrons. The van der Waals surface area contributed by atoms with Crippen molar-refractivity contribution >= 4 is 0 Å². The molecule has 0 saturated carbocycles. The summed E-state index contributed by atoms with van der Waals surface area (Å²) in [6.45, 7) is 26.0. The third kappa shape index (κ3) is 38.0. The highest BCUT2D eigenvalue weighted by molar-refractivity contribution is 5.66. The summed E-state index contributed by atoms with van der Waals surface area (Å²) in [5, 5.41) is 33.0. The zero-order valence-electron chi connectivity index (χ0n) is 43.7. The molecule has 0 aliphatic carbocycles. The first kappa shape index (κ1) is 60.2. The Hall–Kier alpha value is -1.92. The minimum Gasteiger partial charge on any atom is -0.317 e. The summed E-state index contributed by atoms with van der Waals surface area (Å²) >= 11 is 0. The molecule has 0 heterocycles. The minimum atomic E-state index is 0.895. The van der Waals surface area contributed by atoms with E-state index in [0.29, 0.717) is 0 Å². The average Bonchev–Trinajstić information content (AvgIpc) is 3.33. The number of rotatable bonds is 52. The quantitative estimate of drug-likeness (QED) is 0.0300. The molecule has 9 nitrogen and oxygen atoms in total. The van der Waals surface area contributed by atoms with E-state index in [-0.39, 0.29) is 0 Å². The lowest BCUT2D eigenvalue weighted by atomic mass is 9.98. The second-order valence-corrected chi connectivity index (χ2v) is 19.2. The second kappa shape index (κ2) is 48.1. The molecule has 0 radical (unpaired) electrons. The van der Waals surface area contributed by atoms with Crippen molar-refractivity contribution in [2.45, 2.75) is 195 Å². The predicted octanol–water partition coefficient (Wildman–Crippen LogP) is 10.6. The normalized spacial score (nSPS) is 11.6. The van der Waals surface area contributed by atoms with Gasteiger partial charge in [0.25, 0.3) is 0 Å². The van der Waals surface area contributed by atoms with Gasteiger partial charge < -0.3 is 47.9 Å². The predicted molar refractivity (Wildman–Crippen MR) is 292 cm³/mol. The first-order valence-electron chi connectivity index (χ1n) is 28.3. The SMILES string of the molecule is CCCCCCCCNCCCNCCCNCc1cccc(-c2cc(CNCCCNCCCNCCCCCCCC)cc(CNCCCNCCCNCCCCCCCC)c2)c1. The number of hydrogen-bond acceptors (Lipinski definition) is 9. The molecule has 9 heteroatoms. The van der Waals surface area contributed by atoms with Crippen LogP contribution >= 0.6 is 0 Å². The van der Waals surface area contributed by atoms with Gasteiger partial charge in [-0.25, -0.2) is 0 Å². The third-order valence-electron chi connectivity index (χ3n) is 12.7. The van der Waals surface area contributed by atoms with Gasteiger partial charge in [-0.1, -0.05) is 141 Å².